The van der Waals surface area contributed by atoms with Crippen molar-refractivity contribution in [2.24, 2.45) is 18.9 Å². The Morgan fingerprint density at radius 1 is 1.20 bits per heavy atom. The number of carbonyl (C=O) groups is 1. The van der Waals surface area contributed by atoms with Crippen molar-refractivity contribution in [3.05, 3.63) is 11.8 Å². The van der Waals surface area contributed by atoms with Gasteiger partial charge in [0.2, 0.25) is 0 Å². The maximum atomic E-state index is 12.9. The molecule has 9 heteroatoms. The molecule has 140 valence electrons. The third kappa shape index (κ3) is 3.52. The monoisotopic (exact) mass is 370 g/mol. The van der Waals surface area contributed by atoms with E-state index in [-0.39, 0.29) is 23.0 Å². The van der Waals surface area contributed by atoms with E-state index in [1.165, 1.54) is 8.99 Å². The van der Waals surface area contributed by atoms with Crippen molar-refractivity contribution in [1.29, 1.82) is 0 Å². The van der Waals surface area contributed by atoms with Gasteiger partial charge in [-0.1, -0.05) is 0 Å². The summed E-state index contributed by atoms with van der Waals surface area (Å²) >= 11 is 0. The fourth-order valence-electron chi connectivity index (χ4n) is 3.58. The van der Waals surface area contributed by atoms with Gasteiger partial charge in [-0.3, -0.25) is 4.68 Å². The lowest BCUT2D eigenvalue weighted by Crippen LogP contribution is -2.38. The summed E-state index contributed by atoms with van der Waals surface area (Å²) in [6, 6.07) is 1.59. The Bertz CT molecular complexity index is 767. The molecule has 25 heavy (non-hydrogen) atoms. The summed E-state index contributed by atoms with van der Waals surface area (Å²) in [6.07, 6.45) is -0.321. The number of carbonyl (C=O) groups excluding carboxylic acids is 1. The van der Waals surface area contributed by atoms with E-state index in [9.17, 15) is 13.2 Å². The van der Waals surface area contributed by atoms with Crippen molar-refractivity contribution in [3.8, 4) is 0 Å². The van der Waals surface area contributed by atoms with Crippen LogP contribution in [-0.2, 0) is 21.8 Å². The Kier molecular flexibility index (Phi) is 4.35. The minimum Gasteiger partial charge on any atom is -0.444 e. The zero-order valence-electron chi connectivity index (χ0n) is 15.4. The van der Waals surface area contributed by atoms with Crippen LogP contribution in [0.5, 0.6) is 0 Å². The molecule has 0 bridgehead atoms. The maximum Gasteiger partial charge on any atom is 0.410 e. The Labute approximate surface area is 148 Å². The molecule has 0 unspecified atom stereocenters. The molecule has 8 nitrogen and oxygen atoms in total. The molecule has 0 spiro atoms. The van der Waals surface area contributed by atoms with Crippen LogP contribution in [0.15, 0.2) is 11.1 Å². The molecule has 1 aromatic rings. The van der Waals surface area contributed by atoms with Gasteiger partial charge in [-0.15, -0.1) is 0 Å². The van der Waals surface area contributed by atoms with E-state index in [1.807, 2.05) is 20.8 Å². The Morgan fingerprint density at radius 2 is 1.76 bits per heavy atom. The first kappa shape index (κ1) is 18.2. The van der Waals surface area contributed by atoms with Gasteiger partial charge in [0.05, 0.1) is 5.69 Å². The van der Waals surface area contributed by atoms with Gasteiger partial charge < -0.3 is 9.64 Å². The van der Waals surface area contributed by atoms with Crippen LogP contribution in [-0.4, -0.2) is 65.3 Å². The number of hydrogen-bond acceptors (Lipinski definition) is 5. The summed E-state index contributed by atoms with van der Waals surface area (Å²) in [7, 11) is -1.92. The number of aryl methyl sites for hydroxylation is 2. The first-order valence-electron chi connectivity index (χ1n) is 8.46. The zero-order valence-corrected chi connectivity index (χ0v) is 16.2. The number of rotatable bonds is 2. The topological polar surface area (TPSA) is 84.7 Å². The Morgan fingerprint density at radius 3 is 2.20 bits per heavy atom. The Hall–Kier alpha value is -1.61. The SMILES string of the molecule is Cc1cc(S(=O)(=O)N2C[C@H]3CN(C(=O)OC(C)(C)C)C[C@H]3C2)n(C)n1. The highest BCUT2D eigenvalue weighted by Gasteiger charge is 2.46. The summed E-state index contributed by atoms with van der Waals surface area (Å²) in [4.78, 5) is 13.9. The third-order valence-corrected chi connectivity index (χ3v) is 6.56. The molecule has 3 heterocycles. The van der Waals surface area contributed by atoms with Crippen LogP contribution >= 0.6 is 0 Å². The summed E-state index contributed by atoms with van der Waals surface area (Å²) in [5.74, 6) is 0.299. The summed E-state index contributed by atoms with van der Waals surface area (Å²) in [5, 5.41) is 4.35. The van der Waals surface area contributed by atoms with Crippen LogP contribution in [0.1, 0.15) is 26.5 Å². The van der Waals surface area contributed by atoms with Gasteiger partial charge in [0.1, 0.15) is 5.60 Å². The van der Waals surface area contributed by atoms with Gasteiger partial charge in [0.15, 0.2) is 5.03 Å². The molecule has 0 radical (unpaired) electrons. The van der Waals surface area contributed by atoms with E-state index in [0.717, 1.165) is 0 Å². The zero-order chi connectivity index (χ0) is 18.6. The van der Waals surface area contributed by atoms with Gasteiger partial charge in [0.25, 0.3) is 10.0 Å². The van der Waals surface area contributed by atoms with E-state index in [4.69, 9.17) is 4.74 Å². The van der Waals surface area contributed by atoms with E-state index < -0.39 is 15.6 Å². The van der Waals surface area contributed by atoms with Crippen LogP contribution in [0, 0.1) is 18.8 Å². The molecule has 2 aliphatic rings. The fourth-order valence-corrected chi connectivity index (χ4v) is 5.32. The van der Waals surface area contributed by atoms with Crippen molar-refractivity contribution < 1.29 is 17.9 Å². The van der Waals surface area contributed by atoms with Crippen LogP contribution in [0.4, 0.5) is 4.79 Å². The van der Waals surface area contributed by atoms with E-state index in [0.29, 0.717) is 31.9 Å². The number of ether oxygens (including phenoxy) is 1. The minimum atomic E-state index is -3.56. The normalized spacial score (nSPS) is 24.6. The van der Waals surface area contributed by atoms with Crippen LogP contribution < -0.4 is 0 Å². The molecule has 3 rings (SSSR count). The van der Waals surface area contributed by atoms with E-state index in [1.54, 1.807) is 24.9 Å². The van der Waals surface area contributed by atoms with Crippen LogP contribution in [0.2, 0.25) is 0 Å². The fraction of sp³-hybridized carbons (Fsp3) is 0.750. The molecule has 2 fully saturated rings. The second kappa shape index (κ2) is 5.98. The summed E-state index contributed by atoms with van der Waals surface area (Å²) in [5.41, 5.74) is 0.151. The van der Waals surface area contributed by atoms with Crippen molar-refractivity contribution in [1.82, 2.24) is 19.0 Å². The number of likely N-dealkylation sites (tertiary alicyclic amines) is 1. The molecular weight excluding hydrogens is 344 g/mol. The third-order valence-electron chi connectivity index (χ3n) is 4.67. The lowest BCUT2D eigenvalue weighted by atomic mass is 10.0. The van der Waals surface area contributed by atoms with Crippen molar-refractivity contribution in [2.45, 2.75) is 38.3 Å². The minimum absolute atomic E-state index is 0.150. The van der Waals surface area contributed by atoms with E-state index in [2.05, 4.69) is 5.10 Å². The highest BCUT2D eigenvalue weighted by Crippen LogP contribution is 2.34. The molecule has 0 saturated carbocycles. The van der Waals surface area contributed by atoms with Gasteiger partial charge in [-0.05, 0) is 45.6 Å². The predicted octanol–water partition coefficient (Wildman–Crippen LogP) is 1.22. The van der Waals surface area contributed by atoms with Crippen molar-refractivity contribution >= 4 is 16.1 Å². The number of amides is 1. The average Bonchev–Trinajstić information content (AvgIpc) is 3.08. The lowest BCUT2D eigenvalue weighted by molar-refractivity contribution is 0.0279. The Balaban J connectivity index is 1.67. The van der Waals surface area contributed by atoms with Crippen LogP contribution in [0.25, 0.3) is 0 Å². The van der Waals surface area contributed by atoms with Crippen LogP contribution in [0.3, 0.4) is 0 Å². The second-order valence-corrected chi connectivity index (χ2v) is 9.86. The first-order chi connectivity index (χ1) is 11.5. The quantitative estimate of drug-likeness (QED) is 0.781. The number of aromatic nitrogens is 2. The average molecular weight is 370 g/mol. The maximum absolute atomic E-state index is 12.9. The molecule has 2 aliphatic heterocycles. The number of fused-ring (bicyclic) bond motifs is 1. The van der Waals surface area contributed by atoms with Crippen molar-refractivity contribution in [2.75, 3.05) is 26.2 Å². The molecule has 2 saturated heterocycles. The molecule has 2 atom stereocenters. The predicted molar refractivity (Wildman–Crippen MR) is 91.5 cm³/mol. The van der Waals surface area contributed by atoms with Crippen molar-refractivity contribution in [3.63, 3.8) is 0 Å². The highest BCUT2D eigenvalue weighted by atomic mass is 32.2. The highest BCUT2D eigenvalue weighted by molar-refractivity contribution is 7.89. The molecule has 0 aromatic carbocycles. The van der Waals surface area contributed by atoms with E-state index >= 15 is 0 Å². The summed E-state index contributed by atoms with van der Waals surface area (Å²) in [6.45, 7) is 9.22. The second-order valence-electron chi connectivity index (χ2n) is 7.98. The van der Waals surface area contributed by atoms with Gasteiger partial charge in [-0.25, -0.2) is 13.2 Å². The number of hydrogen-bond donors (Lipinski definition) is 0. The number of nitrogens with zero attached hydrogens (tertiary/aromatic N) is 4. The van der Waals surface area contributed by atoms with Gasteiger partial charge in [-0.2, -0.15) is 9.40 Å². The smallest absolute Gasteiger partial charge is 0.410 e. The lowest BCUT2D eigenvalue weighted by Gasteiger charge is -2.25. The molecule has 1 amide bonds. The molecule has 0 N–H and O–H groups in total. The molecular formula is C16H26N4O4S. The van der Waals surface area contributed by atoms with Gasteiger partial charge in [0, 0.05) is 33.2 Å². The molecule has 1 aromatic heterocycles. The first-order valence-corrected chi connectivity index (χ1v) is 9.90. The largest absolute Gasteiger partial charge is 0.444 e. The van der Waals surface area contributed by atoms with Gasteiger partial charge >= 0.3 is 6.09 Å². The number of sulfonamides is 1. The molecule has 0 aliphatic carbocycles. The standard InChI is InChI=1S/C16H26N4O4S/c1-11-6-14(18(5)17-11)25(22,23)20-9-12-7-19(8-13(12)10-20)15(21)24-16(2,3)4/h6,12-13H,7-10H2,1-5H3/t12-,13+. The summed E-state index contributed by atoms with van der Waals surface area (Å²) < 4.78 is 34.1.